The number of aryl methyl sites for hydroxylation is 2. The lowest BCUT2D eigenvalue weighted by atomic mass is 9.91. The van der Waals surface area contributed by atoms with Crippen LogP contribution in [0.4, 0.5) is 4.39 Å². The second kappa shape index (κ2) is 17.2. The highest BCUT2D eigenvalue weighted by Crippen LogP contribution is 2.32. The molecule has 4 heterocycles. The predicted molar refractivity (Wildman–Crippen MR) is 204 cm³/mol. The molecule has 0 bridgehead atoms. The zero-order chi connectivity index (χ0) is 36.7. The normalized spacial score (nSPS) is 19.8. The quantitative estimate of drug-likeness (QED) is 0.204. The van der Waals surface area contributed by atoms with Crippen molar-refractivity contribution in [2.24, 2.45) is 7.05 Å². The Hall–Kier alpha value is -4.30. The molecule has 1 saturated carbocycles. The highest BCUT2D eigenvalue weighted by atomic mass is 32.2. The first-order valence-electron chi connectivity index (χ1n) is 18.6. The number of pyridine rings is 1. The van der Waals surface area contributed by atoms with E-state index in [9.17, 15) is 14.0 Å². The summed E-state index contributed by atoms with van der Waals surface area (Å²) >= 11 is 2.02. The molecule has 2 N–H and O–H groups in total. The van der Waals surface area contributed by atoms with Gasteiger partial charge < -0.3 is 20.1 Å². The number of carbonyl (C=O) groups excluding carboxylic acids is 2. The van der Waals surface area contributed by atoms with E-state index in [0.717, 1.165) is 75.5 Å². The molecule has 4 aromatic rings. The maximum Gasteiger partial charge on any atom is 0.272 e. The number of nitrogens with zero attached hydrogens (tertiary/aromatic N) is 5. The third-order valence-electron chi connectivity index (χ3n) is 10.3. The van der Waals surface area contributed by atoms with Crippen LogP contribution in [0.15, 0.2) is 60.8 Å². The molecule has 13 heteroatoms. The molecular weight excluding hydrogens is 694 g/mol. The molecule has 2 aliphatic heterocycles. The number of morpholine rings is 1. The SMILES string of the molecule is Cc1cc(C(=O)N[C@H]2CC[C@H](NC(=O)c3cc(F)cnc3Oc3cccc(-c4ccc(CN5CCSCC5)cc4CN4CCOCC4)c3)CC2)nn1C. The summed E-state index contributed by atoms with van der Waals surface area (Å²) in [6, 6.07) is 17.3. The Kier molecular flexibility index (Phi) is 12.0. The number of amides is 2. The molecule has 3 fully saturated rings. The van der Waals surface area contributed by atoms with Gasteiger partial charge in [0, 0.05) is 75.6 Å². The fourth-order valence-corrected chi connectivity index (χ4v) is 8.24. The lowest BCUT2D eigenvalue weighted by Gasteiger charge is -2.29. The zero-order valence-electron chi connectivity index (χ0n) is 30.5. The van der Waals surface area contributed by atoms with Gasteiger partial charge >= 0.3 is 0 Å². The molecule has 2 amide bonds. The first-order valence-corrected chi connectivity index (χ1v) is 19.7. The van der Waals surface area contributed by atoms with Crippen LogP contribution in [0.25, 0.3) is 11.1 Å². The molecule has 11 nitrogen and oxygen atoms in total. The van der Waals surface area contributed by atoms with Gasteiger partial charge in [0.2, 0.25) is 5.88 Å². The van der Waals surface area contributed by atoms with Gasteiger partial charge in [-0.15, -0.1) is 0 Å². The van der Waals surface area contributed by atoms with Crippen molar-refractivity contribution in [3.8, 4) is 22.8 Å². The molecule has 2 aromatic carbocycles. The van der Waals surface area contributed by atoms with Crippen molar-refractivity contribution in [2.75, 3.05) is 50.9 Å². The van der Waals surface area contributed by atoms with E-state index in [4.69, 9.17) is 9.47 Å². The number of hydrogen-bond donors (Lipinski definition) is 2. The van der Waals surface area contributed by atoms with E-state index in [0.29, 0.717) is 37.1 Å². The average molecular weight is 742 g/mol. The van der Waals surface area contributed by atoms with Crippen molar-refractivity contribution in [1.29, 1.82) is 0 Å². The molecule has 0 spiro atoms. The second-order valence-corrected chi connectivity index (χ2v) is 15.4. The van der Waals surface area contributed by atoms with Crippen LogP contribution in [0, 0.1) is 12.7 Å². The third-order valence-corrected chi connectivity index (χ3v) is 11.3. The highest BCUT2D eigenvalue weighted by molar-refractivity contribution is 7.99. The lowest BCUT2D eigenvalue weighted by molar-refractivity contribution is 0.0342. The number of ether oxygens (including phenoxy) is 2. The fourth-order valence-electron chi connectivity index (χ4n) is 7.26. The number of benzene rings is 2. The first-order chi connectivity index (χ1) is 25.8. The largest absolute Gasteiger partial charge is 0.438 e. The van der Waals surface area contributed by atoms with E-state index in [2.05, 4.69) is 54.8 Å². The Morgan fingerprint density at radius 2 is 1.62 bits per heavy atom. The molecule has 1 aliphatic carbocycles. The number of halogens is 1. The minimum Gasteiger partial charge on any atom is -0.438 e. The van der Waals surface area contributed by atoms with Crippen molar-refractivity contribution in [2.45, 2.75) is 57.8 Å². The van der Waals surface area contributed by atoms with Crippen molar-refractivity contribution in [1.82, 2.24) is 35.2 Å². The van der Waals surface area contributed by atoms with Crippen LogP contribution < -0.4 is 15.4 Å². The van der Waals surface area contributed by atoms with Gasteiger partial charge in [-0.2, -0.15) is 16.9 Å². The summed E-state index contributed by atoms with van der Waals surface area (Å²) in [5.41, 5.74) is 5.99. The molecule has 3 aliphatic rings. The van der Waals surface area contributed by atoms with Crippen LogP contribution in [-0.2, 0) is 24.9 Å². The van der Waals surface area contributed by atoms with Crippen LogP contribution in [0.3, 0.4) is 0 Å². The van der Waals surface area contributed by atoms with E-state index < -0.39 is 11.7 Å². The summed E-state index contributed by atoms with van der Waals surface area (Å²) in [5.74, 6) is 1.62. The van der Waals surface area contributed by atoms with Gasteiger partial charge in [-0.25, -0.2) is 9.37 Å². The number of rotatable bonds is 11. The smallest absolute Gasteiger partial charge is 0.272 e. The summed E-state index contributed by atoms with van der Waals surface area (Å²) in [5, 5.41) is 10.4. The van der Waals surface area contributed by atoms with Crippen LogP contribution in [0.5, 0.6) is 11.6 Å². The van der Waals surface area contributed by atoms with Crippen LogP contribution in [0.2, 0.25) is 0 Å². The number of thioether (sulfide) groups is 1. The Labute approximate surface area is 314 Å². The second-order valence-electron chi connectivity index (χ2n) is 14.2. The van der Waals surface area contributed by atoms with E-state index in [1.54, 1.807) is 17.8 Å². The van der Waals surface area contributed by atoms with Gasteiger partial charge in [-0.1, -0.05) is 30.3 Å². The number of carbonyl (C=O) groups is 2. The molecule has 2 saturated heterocycles. The standard InChI is InChI=1S/C40H48FN7O4S/c1-27-20-37(45-46(27)2)39(50)44-33-9-7-32(8-10-33)43-38(49)36-23-31(41)24-42-40(36)52-34-5-3-4-29(22-34)35-11-6-28(25-48-14-18-53-19-15-48)21-30(35)26-47-12-16-51-17-13-47/h3-6,11,20-24,32-33H,7-10,12-19,25-26H2,1-2H3,(H,43,49)(H,44,50)/t32-,33-. The number of hydrogen-bond acceptors (Lipinski definition) is 9. The summed E-state index contributed by atoms with van der Waals surface area (Å²) in [6.45, 7) is 9.11. The molecule has 0 unspecified atom stereocenters. The summed E-state index contributed by atoms with van der Waals surface area (Å²) in [6.07, 6.45) is 3.80. The maximum atomic E-state index is 14.5. The van der Waals surface area contributed by atoms with Crippen molar-refractivity contribution < 1.29 is 23.5 Å². The molecule has 0 atom stereocenters. The van der Waals surface area contributed by atoms with Crippen LogP contribution >= 0.6 is 11.8 Å². The number of aromatic nitrogens is 3. The maximum absolute atomic E-state index is 14.5. The molecule has 7 rings (SSSR count). The van der Waals surface area contributed by atoms with Gasteiger partial charge in [-0.3, -0.25) is 24.1 Å². The minimum atomic E-state index is -0.622. The average Bonchev–Trinajstić information content (AvgIpc) is 3.51. The molecular formula is C40H48FN7O4S. The minimum absolute atomic E-state index is 0.0144. The van der Waals surface area contributed by atoms with Crippen LogP contribution in [-0.4, -0.2) is 99.4 Å². The molecule has 2 aromatic heterocycles. The number of nitrogens with one attached hydrogen (secondary N) is 2. The Balaban J connectivity index is 1.03. The summed E-state index contributed by atoms with van der Waals surface area (Å²) in [4.78, 5) is 35.4. The van der Waals surface area contributed by atoms with Gasteiger partial charge in [-0.05, 0) is 79.1 Å². The van der Waals surface area contributed by atoms with Crippen molar-refractivity contribution in [3.05, 3.63) is 94.7 Å². The van der Waals surface area contributed by atoms with E-state index in [-0.39, 0.29) is 29.4 Å². The van der Waals surface area contributed by atoms with E-state index in [1.807, 2.05) is 36.9 Å². The summed E-state index contributed by atoms with van der Waals surface area (Å²) < 4.78 is 28.0. The predicted octanol–water partition coefficient (Wildman–Crippen LogP) is 5.57. The highest BCUT2D eigenvalue weighted by Gasteiger charge is 2.27. The van der Waals surface area contributed by atoms with E-state index in [1.165, 1.54) is 28.7 Å². The monoisotopic (exact) mass is 741 g/mol. The summed E-state index contributed by atoms with van der Waals surface area (Å²) in [7, 11) is 1.81. The third kappa shape index (κ3) is 9.63. The van der Waals surface area contributed by atoms with E-state index >= 15 is 0 Å². The van der Waals surface area contributed by atoms with Crippen molar-refractivity contribution in [3.63, 3.8) is 0 Å². The molecule has 0 radical (unpaired) electrons. The lowest BCUT2D eigenvalue weighted by Crippen LogP contribution is -2.44. The van der Waals surface area contributed by atoms with Gasteiger partial charge in [0.05, 0.1) is 19.4 Å². The van der Waals surface area contributed by atoms with Gasteiger partial charge in [0.1, 0.15) is 22.8 Å². The van der Waals surface area contributed by atoms with Crippen LogP contribution in [0.1, 0.15) is 63.4 Å². The Morgan fingerprint density at radius 1 is 0.906 bits per heavy atom. The zero-order valence-corrected chi connectivity index (χ0v) is 31.3. The molecule has 53 heavy (non-hydrogen) atoms. The topological polar surface area (TPSA) is 114 Å². The first kappa shape index (κ1) is 37.0. The Bertz CT molecular complexity index is 1880. The van der Waals surface area contributed by atoms with Gasteiger partial charge in [0.15, 0.2) is 0 Å². The van der Waals surface area contributed by atoms with Gasteiger partial charge in [0.25, 0.3) is 11.8 Å². The Morgan fingerprint density at radius 3 is 2.34 bits per heavy atom. The molecule has 280 valence electrons. The fraction of sp³-hybridized carbons (Fsp3) is 0.450. The van der Waals surface area contributed by atoms with Crippen molar-refractivity contribution >= 4 is 23.6 Å².